The summed E-state index contributed by atoms with van der Waals surface area (Å²) in [5.41, 5.74) is 1.29. The fraction of sp³-hybridized carbons (Fsp3) is 0.467. The Bertz CT molecular complexity index is 599. The molecule has 1 aliphatic rings. The van der Waals surface area contributed by atoms with Gasteiger partial charge in [-0.15, -0.1) is 0 Å². The Balaban J connectivity index is 2.14. The molecule has 0 aliphatic heterocycles. The van der Waals surface area contributed by atoms with Crippen LogP contribution in [-0.2, 0) is 11.3 Å². The Labute approximate surface area is 123 Å². The molecule has 1 N–H and O–H groups in total. The lowest BCUT2D eigenvalue weighted by Gasteiger charge is -2.10. The number of hydrogen-bond donors (Lipinski definition) is 1. The molecule has 2 rings (SSSR count). The van der Waals surface area contributed by atoms with E-state index in [1.165, 1.54) is 10.9 Å². The van der Waals surface area contributed by atoms with Crippen LogP contribution >= 0.6 is 0 Å². The van der Waals surface area contributed by atoms with Crippen molar-refractivity contribution in [3.8, 4) is 0 Å². The van der Waals surface area contributed by atoms with Gasteiger partial charge in [-0.2, -0.15) is 5.10 Å². The fourth-order valence-electron chi connectivity index (χ4n) is 2.16. The van der Waals surface area contributed by atoms with Crippen LogP contribution in [0, 0.1) is 0 Å². The smallest absolute Gasteiger partial charge is 0.241 e. The van der Waals surface area contributed by atoms with Gasteiger partial charge in [-0.3, -0.25) is 19.1 Å². The normalized spacial score (nSPS) is 14.4. The molecule has 0 atom stereocenters. The molecule has 21 heavy (non-hydrogen) atoms. The van der Waals surface area contributed by atoms with Gasteiger partial charge in [-0.1, -0.05) is 13.3 Å². The van der Waals surface area contributed by atoms with Gasteiger partial charge in [-0.25, -0.2) is 0 Å². The molecule has 0 aromatic carbocycles. The SMILES string of the molecule is CCCCNC(=O)Cn1cc2c(n1)C(=O)C(C)=C(C)C2=O. The fourth-order valence-corrected chi connectivity index (χ4v) is 2.16. The number of rotatable bonds is 5. The zero-order valence-corrected chi connectivity index (χ0v) is 12.5. The molecule has 1 aliphatic carbocycles. The third-order valence-corrected chi connectivity index (χ3v) is 3.62. The summed E-state index contributed by atoms with van der Waals surface area (Å²) >= 11 is 0. The maximum Gasteiger partial charge on any atom is 0.241 e. The zero-order valence-electron chi connectivity index (χ0n) is 12.5. The number of Topliss-reactive ketones (excluding diaryl/α,β-unsaturated/α-hetero) is 2. The van der Waals surface area contributed by atoms with E-state index in [-0.39, 0.29) is 35.3 Å². The average Bonchev–Trinajstić information content (AvgIpc) is 2.87. The van der Waals surface area contributed by atoms with Gasteiger partial charge in [0.2, 0.25) is 11.7 Å². The van der Waals surface area contributed by atoms with E-state index in [0.29, 0.717) is 17.7 Å². The molecule has 0 saturated heterocycles. The molecule has 1 aromatic rings. The first-order valence-electron chi connectivity index (χ1n) is 7.06. The molecule has 0 unspecified atom stereocenters. The Morgan fingerprint density at radius 3 is 2.57 bits per heavy atom. The highest BCUT2D eigenvalue weighted by Crippen LogP contribution is 2.24. The van der Waals surface area contributed by atoms with Crippen molar-refractivity contribution in [1.82, 2.24) is 15.1 Å². The van der Waals surface area contributed by atoms with Crippen molar-refractivity contribution in [3.63, 3.8) is 0 Å². The van der Waals surface area contributed by atoms with Gasteiger partial charge < -0.3 is 5.32 Å². The Hall–Kier alpha value is -2.24. The van der Waals surface area contributed by atoms with Crippen molar-refractivity contribution in [1.29, 1.82) is 0 Å². The van der Waals surface area contributed by atoms with E-state index in [9.17, 15) is 14.4 Å². The second kappa shape index (κ2) is 6.03. The Morgan fingerprint density at radius 2 is 1.90 bits per heavy atom. The number of ketones is 2. The van der Waals surface area contributed by atoms with Gasteiger partial charge in [0.15, 0.2) is 5.78 Å². The molecule has 1 amide bonds. The maximum absolute atomic E-state index is 12.1. The number of hydrogen-bond acceptors (Lipinski definition) is 4. The minimum atomic E-state index is -0.243. The van der Waals surface area contributed by atoms with E-state index in [4.69, 9.17) is 0 Å². The Kier molecular flexibility index (Phi) is 4.35. The largest absolute Gasteiger partial charge is 0.354 e. The van der Waals surface area contributed by atoms with Gasteiger partial charge in [0.25, 0.3) is 0 Å². The molecule has 112 valence electrons. The predicted octanol–water partition coefficient (Wildman–Crippen LogP) is 1.51. The van der Waals surface area contributed by atoms with E-state index in [1.54, 1.807) is 13.8 Å². The number of fused-ring (bicyclic) bond motifs is 1. The first-order chi connectivity index (χ1) is 9.95. The number of unbranched alkanes of at least 4 members (excludes halogenated alkanes) is 1. The topological polar surface area (TPSA) is 81.1 Å². The molecule has 0 fully saturated rings. The zero-order chi connectivity index (χ0) is 15.6. The number of aromatic nitrogens is 2. The molecule has 0 bridgehead atoms. The van der Waals surface area contributed by atoms with Crippen LogP contribution in [-0.4, -0.2) is 33.8 Å². The van der Waals surface area contributed by atoms with Gasteiger partial charge in [-0.05, 0) is 20.3 Å². The number of amides is 1. The Morgan fingerprint density at radius 1 is 1.24 bits per heavy atom. The quantitative estimate of drug-likeness (QED) is 0.833. The molecule has 1 aromatic heterocycles. The summed E-state index contributed by atoms with van der Waals surface area (Å²) in [5, 5.41) is 6.86. The summed E-state index contributed by atoms with van der Waals surface area (Å²) in [4.78, 5) is 36.0. The molecule has 6 heteroatoms. The van der Waals surface area contributed by atoms with Crippen LogP contribution in [0.3, 0.4) is 0 Å². The van der Waals surface area contributed by atoms with Crippen molar-refractivity contribution in [2.45, 2.75) is 40.2 Å². The van der Waals surface area contributed by atoms with E-state index in [2.05, 4.69) is 10.4 Å². The molecule has 6 nitrogen and oxygen atoms in total. The van der Waals surface area contributed by atoms with Crippen LogP contribution < -0.4 is 5.32 Å². The molecular formula is C15H19N3O3. The van der Waals surface area contributed by atoms with Gasteiger partial charge in [0.1, 0.15) is 12.2 Å². The summed E-state index contributed by atoms with van der Waals surface area (Å²) in [7, 11) is 0. The average molecular weight is 289 g/mol. The number of nitrogens with zero attached hydrogens (tertiary/aromatic N) is 2. The van der Waals surface area contributed by atoms with Crippen molar-refractivity contribution < 1.29 is 14.4 Å². The lowest BCUT2D eigenvalue weighted by Crippen LogP contribution is -2.28. The van der Waals surface area contributed by atoms with Crippen LogP contribution in [0.15, 0.2) is 17.3 Å². The molecule has 0 spiro atoms. The highest BCUT2D eigenvalue weighted by atomic mass is 16.2. The first-order valence-corrected chi connectivity index (χ1v) is 7.06. The minimum Gasteiger partial charge on any atom is -0.354 e. The van der Waals surface area contributed by atoms with Gasteiger partial charge in [0.05, 0.1) is 5.56 Å². The van der Waals surface area contributed by atoms with Gasteiger partial charge >= 0.3 is 0 Å². The molecular weight excluding hydrogens is 270 g/mol. The number of carbonyl (C=O) groups is 3. The van der Waals surface area contributed by atoms with Crippen molar-refractivity contribution >= 4 is 17.5 Å². The second-order valence-corrected chi connectivity index (χ2v) is 5.20. The summed E-state index contributed by atoms with van der Waals surface area (Å²) in [6.45, 7) is 5.92. The summed E-state index contributed by atoms with van der Waals surface area (Å²) in [6, 6.07) is 0. The molecule has 0 saturated carbocycles. The minimum absolute atomic E-state index is 0.00930. The summed E-state index contributed by atoms with van der Waals surface area (Å²) in [5.74, 6) is -0.614. The van der Waals surface area contributed by atoms with Crippen LogP contribution in [0.2, 0.25) is 0 Å². The van der Waals surface area contributed by atoms with E-state index < -0.39 is 0 Å². The maximum atomic E-state index is 12.1. The van der Waals surface area contributed by atoms with Crippen molar-refractivity contribution in [2.75, 3.05) is 6.54 Å². The standard InChI is InChI=1S/C15H19N3O3/c1-4-5-6-16-12(19)8-18-7-11-13(17-18)15(21)10(3)9(2)14(11)20/h7H,4-6,8H2,1-3H3,(H,16,19). The predicted molar refractivity (Wildman–Crippen MR) is 77.2 cm³/mol. The van der Waals surface area contributed by atoms with E-state index >= 15 is 0 Å². The third-order valence-electron chi connectivity index (χ3n) is 3.62. The van der Waals surface area contributed by atoms with E-state index in [0.717, 1.165) is 12.8 Å². The lowest BCUT2D eigenvalue weighted by atomic mass is 9.90. The van der Waals surface area contributed by atoms with Crippen LogP contribution in [0.25, 0.3) is 0 Å². The summed E-state index contributed by atoms with van der Waals surface area (Å²) < 4.78 is 1.35. The van der Waals surface area contributed by atoms with E-state index in [1.807, 2.05) is 6.92 Å². The third kappa shape index (κ3) is 2.94. The molecule has 0 radical (unpaired) electrons. The monoisotopic (exact) mass is 289 g/mol. The first kappa shape index (κ1) is 15.2. The lowest BCUT2D eigenvalue weighted by molar-refractivity contribution is -0.121. The van der Waals surface area contributed by atoms with Crippen LogP contribution in [0.5, 0.6) is 0 Å². The number of nitrogens with one attached hydrogen (secondary N) is 1. The van der Waals surface area contributed by atoms with Crippen LogP contribution in [0.1, 0.15) is 54.5 Å². The highest BCUT2D eigenvalue weighted by molar-refractivity contribution is 6.25. The highest BCUT2D eigenvalue weighted by Gasteiger charge is 2.31. The number of allylic oxidation sites excluding steroid dienone is 2. The van der Waals surface area contributed by atoms with Crippen LogP contribution in [0.4, 0.5) is 0 Å². The summed E-state index contributed by atoms with van der Waals surface area (Å²) in [6.07, 6.45) is 3.40. The second-order valence-electron chi connectivity index (χ2n) is 5.20. The van der Waals surface area contributed by atoms with Crippen molar-refractivity contribution in [3.05, 3.63) is 28.6 Å². The van der Waals surface area contributed by atoms with Crippen molar-refractivity contribution in [2.24, 2.45) is 0 Å². The van der Waals surface area contributed by atoms with Gasteiger partial charge in [0, 0.05) is 23.9 Å². The number of carbonyl (C=O) groups excluding carboxylic acids is 3. The molecule has 1 heterocycles.